The zero-order valence-electron chi connectivity index (χ0n) is 24.6. The Bertz CT molecular complexity index is 1310. The van der Waals surface area contributed by atoms with Gasteiger partial charge in [-0.25, -0.2) is 8.78 Å². The fourth-order valence-electron chi connectivity index (χ4n) is 4.94. The van der Waals surface area contributed by atoms with Crippen LogP contribution in [0.15, 0.2) is 59.5 Å². The average molecular weight is 605 g/mol. The van der Waals surface area contributed by atoms with E-state index in [1.807, 2.05) is 39.0 Å². The van der Waals surface area contributed by atoms with Crippen LogP contribution in [-0.4, -0.2) is 66.0 Å². The van der Waals surface area contributed by atoms with Crippen molar-refractivity contribution in [2.75, 3.05) is 17.8 Å². The zero-order valence-corrected chi connectivity index (χ0v) is 25.4. The number of hydrogen-bond donors (Lipinski definition) is 2. The molecule has 2 aliphatic heterocycles. The summed E-state index contributed by atoms with van der Waals surface area (Å²) in [7, 11) is 1.33. The molecule has 11 heteroatoms. The summed E-state index contributed by atoms with van der Waals surface area (Å²) in [6.45, 7) is 9.30. The molecule has 2 amide bonds. The molecule has 228 valence electrons. The van der Waals surface area contributed by atoms with Gasteiger partial charge in [-0.2, -0.15) is 0 Å². The molecule has 2 aliphatic rings. The Morgan fingerprint density at radius 1 is 1.21 bits per heavy atom. The number of nitrogens with one attached hydrogen (secondary N) is 1. The summed E-state index contributed by atoms with van der Waals surface area (Å²) in [5, 5.41) is 14.0. The van der Waals surface area contributed by atoms with Crippen molar-refractivity contribution < 1.29 is 37.7 Å². The number of para-hydroxylation sites is 1. The predicted octanol–water partition coefficient (Wildman–Crippen LogP) is 4.59. The molecular weight excluding hydrogens is 566 g/mol. The lowest BCUT2D eigenvalue weighted by Crippen LogP contribution is -2.62. The number of aliphatic hydroxyl groups excluding tert-OH is 1. The summed E-state index contributed by atoms with van der Waals surface area (Å²) in [4.78, 5) is 29.7. The lowest BCUT2D eigenvalue weighted by molar-refractivity contribution is -0.334. The number of fused-ring (bicyclic) bond motifs is 1. The van der Waals surface area contributed by atoms with Gasteiger partial charge < -0.3 is 29.5 Å². The second-order valence-electron chi connectivity index (χ2n) is 12.0. The molecule has 4 rings (SSSR count). The highest BCUT2D eigenvalue weighted by Gasteiger charge is 2.48. The van der Waals surface area contributed by atoms with Gasteiger partial charge in [-0.1, -0.05) is 45.1 Å². The predicted molar refractivity (Wildman–Crippen MR) is 156 cm³/mol. The summed E-state index contributed by atoms with van der Waals surface area (Å²) >= 11 is 1.37. The number of hydrogen-bond acceptors (Lipinski definition) is 7. The minimum Gasteiger partial charge on any atom is -0.387 e. The van der Waals surface area contributed by atoms with Gasteiger partial charge in [0.25, 0.3) is 11.8 Å². The molecule has 2 heterocycles. The molecule has 42 heavy (non-hydrogen) atoms. The van der Waals surface area contributed by atoms with E-state index in [9.17, 15) is 23.5 Å². The number of allylic oxidation sites excluding steroid dienone is 1. The first-order chi connectivity index (χ1) is 19.7. The number of benzene rings is 2. The van der Waals surface area contributed by atoms with E-state index in [0.717, 1.165) is 11.0 Å². The highest BCUT2D eigenvalue weighted by Crippen LogP contribution is 2.36. The third kappa shape index (κ3) is 7.76. The van der Waals surface area contributed by atoms with Crippen molar-refractivity contribution in [2.45, 2.75) is 82.3 Å². The fraction of sp³-hybridized carbons (Fsp3) is 0.484. The number of carbonyl (C=O) groups excluding carboxylic acids is 2. The monoisotopic (exact) mass is 604 g/mol. The van der Waals surface area contributed by atoms with Crippen molar-refractivity contribution in [1.82, 2.24) is 5.32 Å². The number of anilines is 1. The van der Waals surface area contributed by atoms with Gasteiger partial charge in [0, 0.05) is 23.8 Å². The van der Waals surface area contributed by atoms with Crippen LogP contribution in [0.3, 0.4) is 0 Å². The highest BCUT2D eigenvalue weighted by atomic mass is 32.2. The Morgan fingerprint density at radius 3 is 2.52 bits per heavy atom. The Balaban J connectivity index is 1.58. The molecule has 0 aliphatic carbocycles. The van der Waals surface area contributed by atoms with Crippen LogP contribution >= 0.6 is 11.8 Å². The zero-order chi connectivity index (χ0) is 30.8. The number of methoxy groups -OCH3 is 1. The van der Waals surface area contributed by atoms with Crippen molar-refractivity contribution in [3.8, 4) is 0 Å². The van der Waals surface area contributed by atoms with Crippen molar-refractivity contribution in [1.29, 1.82) is 0 Å². The SMILES string of the molecule is CO[C@@H](C(=O)NC1CSc2ccccc2N(Cc2cc(F)cc(F)c2)C1=O)[C@@H]1OC(C)(C)O[C@H](/C=C/C(C)(C)C)[C@H]1O. The normalized spacial score (nSPS) is 25.2. The van der Waals surface area contributed by atoms with Crippen LogP contribution in [0.5, 0.6) is 0 Å². The van der Waals surface area contributed by atoms with Crippen molar-refractivity contribution >= 4 is 29.3 Å². The van der Waals surface area contributed by atoms with Crippen LogP contribution in [0.2, 0.25) is 0 Å². The molecular formula is C31H38F2N2O6S. The summed E-state index contributed by atoms with van der Waals surface area (Å²) < 4.78 is 45.4. The molecule has 8 nitrogen and oxygen atoms in total. The van der Waals surface area contributed by atoms with Gasteiger partial charge in [0.1, 0.15) is 36.0 Å². The Hall–Kier alpha value is -2.83. The number of aliphatic hydroxyl groups is 1. The van der Waals surface area contributed by atoms with Gasteiger partial charge in [-0.05, 0) is 49.1 Å². The van der Waals surface area contributed by atoms with E-state index in [2.05, 4.69) is 5.32 Å². The minimum absolute atomic E-state index is 0.108. The lowest BCUT2D eigenvalue weighted by atomic mass is 9.93. The third-order valence-electron chi connectivity index (χ3n) is 6.81. The maximum atomic E-state index is 14.0. The first-order valence-corrected chi connectivity index (χ1v) is 14.7. The largest absolute Gasteiger partial charge is 0.387 e. The Kier molecular flexibility index (Phi) is 9.79. The van der Waals surface area contributed by atoms with Crippen LogP contribution in [-0.2, 0) is 30.3 Å². The second-order valence-corrected chi connectivity index (χ2v) is 13.0. The summed E-state index contributed by atoms with van der Waals surface area (Å²) in [6.07, 6.45) is -0.722. The summed E-state index contributed by atoms with van der Waals surface area (Å²) in [5.41, 5.74) is 0.658. The second kappa shape index (κ2) is 12.8. The smallest absolute Gasteiger partial charge is 0.252 e. The van der Waals surface area contributed by atoms with Crippen LogP contribution in [0.4, 0.5) is 14.5 Å². The first-order valence-electron chi connectivity index (χ1n) is 13.7. The lowest BCUT2D eigenvalue weighted by Gasteiger charge is -2.45. The first kappa shape index (κ1) is 32.1. The maximum absolute atomic E-state index is 14.0. The maximum Gasteiger partial charge on any atom is 0.252 e. The molecule has 0 saturated carbocycles. The topological polar surface area (TPSA) is 97.3 Å². The van der Waals surface area contributed by atoms with Crippen LogP contribution in [0, 0.1) is 17.0 Å². The van der Waals surface area contributed by atoms with Crippen LogP contribution in [0.1, 0.15) is 40.2 Å². The molecule has 2 aromatic rings. The van der Waals surface area contributed by atoms with E-state index >= 15 is 0 Å². The summed E-state index contributed by atoms with van der Waals surface area (Å²) in [5.74, 6) is -3.56. The van der Waals surface area contributed by atoms with Gasteiger partial charge in [-0.15, -0.1) is 11.8 Å². The van der Waals surface area contributed by atoms with Gasteiger partial charge in [0.15, 0.2) is 11.9 Å². The van der Waals surface area contributed by atoms with Crippen molar-refractivity contribution in [2.24, 2.45) is 5.41 Å². The number of rotatable bonds is 7. The van der Waals surface area contributed by atoms with Gasteiger partial charge in [-0.3, -0.25) is 9.59 Å². The van der Waals surface area contributed by atoms with Gasteiger partial charge in [0.2, 0.25) is 0 Å². The Labute approximate surface area is 249 Å². The number of halogens is 2. The van der Waals surface area contributed by atoms with E-state index in [4.69, 9.17) is 14.2 Å². The molecule has 5 atom stereocenters. The fourth-order valence-corrected chi connectivity index (χ4v) is 6.01. The molecule has 0 bridgehead atoms. The molecule has 2 N–H and O–H groups in total. The van der Waals surface area contributed by atoms with Gasteiger partial charge >= 0.3 is 0 Å². The molecule has 0 spiro atoms. The van der Waals surface area contributed by atoms with E-state index in [1.165, 1.54) is 35.9 Å². The minimum atomic E-state index is -1.28. The average Bonchev–Trinajstić information content (AvgIpc) is 3.01. The molecule has 1 fully saturated rings. The third-order valence-corrected chi connectivity index (χ3v) is 7.97. The Morgan fingerprint density at radius 2 is 1.88 bits per heavy atom. The number of amides is 2. The van der Waals surface area contributed by atoms with E-state index in [0.29, 0.717) is 5.69 Å². The molecule has 1 saturated heterocycles. The van der Waals surface area contributed by atoms with E-state index in [1.54, 1.807) is 32.1 Å². The number of nitrogens with zero attached hydrogens (tertiary/aromatic N) is 1. The van der Waals surface area contributed by atoms with Crippen molar-refractivity contribution in [3.05, 3.63) is 71.8 Å². The van der Waals surface area contributed by atoms with Crippen molar-refractivity contribution in [3.63, 3.8) is 0 Å². The molecule has 0 radical (unpaired) electrons. The van der Waals surface area contributed by atoms with Gasteiger partial charge in [0.05, 0.1) is 12.2 Å². The molecule has 0 aromatic heterocycles. The van der Waals surface area contributed by atoms with E-state index in [-0.39, 0.29) is 23.3 Å². The van der Waals surface area contributed by atoms with Crippen LogP contribution < -0.4 is 10.2 Å². The summed E-state index contributed by atoms with van der Waals surface area (Å²) in [6, 6.07) is 9.28. The number of ether oxygens (including phenoxy) is 3. The van der Waals surface area contributed by atoms with E-state index < -0.39 is 59.7 Å². The number of carbonyl (C=O) groups is 2. The standard InChI is InChI=1S/C31H38F2N2O6S/c1-30(2,3)12-11-23-25(36)26(41-31(4,5)40-23)27(39-6)28(37)34-21-17-42-24-10-8-7-9-22(24)35(29(21)38)16-18-13-19(32)15-20(33)14-18/h7-15,21,23,25-27,36H,16-17H2,1-6H3,(H,34,37)/b12-11+/t21?,23-,25-,26-,27-/m1/s1. The highest BCUT2D eigenvalue weighted by molar-refractivity contribution is 7.99. The molecule has 1 unspecified atom stereocenters. The quantitative estimate of drug-likeness (QED) is 0.447. The molecule has 2 aromatic carbocycles. The van der Waals surface area contributed by atoms with Crippen LogP contribution in [0.25, 0.3) is 0 Å². The number of thioether (sulfide) groups is 1.